The van der Waals surface area contributed by atoms with Gasteiger partial charge in [-0.15, -0.1) is 24.0 Å². The third-order valence-corrected chi connectivity index (χ3v) is 4.85. The number of aliphatic imine (C=N–C) groups is 1. The van der Waals surface area contributed by atoms with Gasteiger partial charge in [0.2, 0.25) is 0 Å². The van der Waals surface area contributed by atoms with E-state index in [0.717, 1.165) is 25.6 Å². The van der Waals surface area contributed by atoms with Crippen molar-refractivity contribution in [3.63, 3.8) is 0 Å². The van der Waals surface area contributed by atoms with Crippen LogP contribution in [0.5, 0.6) is 0 Å². The lowest BCUT2D eigenvalue weighted by atomic mass is 9.99. The maximum Gasteiger partial charge on any atom is 0.193 e. The van der Waals surface area contributed by atoms with Crippen molar-refractivity contribution in [3.8, 4) is 0 Å². The molecule has 1 aliphatic heterocycles. The van der Waals surface area contributed by atoms with E-state index in [1.165, 1.54) is 23.2 Å². The van der Waals surface area contributed by atoms with Gasteiger partial charge in [0.1, 0.15) is 0 Å². The molecule has 1 N–H and O–H groups in total. The largest absolute Gasteiger partial charge is 0.378 e. The molecule has 1 heterocycles. The van der Waals surface area contributed by atoms with Crippen LogP contribution in [0.3, 0.4) is 0 Å². The van der Waals surface area contributed by atoms with Gasteiger partial charge in [0, 0.05) is 52.4 Å². The molecule has 0 aromatic heterocycles. The van der Waals surface area contributed by atoms with Crippen LogP contribution in [0, 0.1) is 0 Å². The maximum absolute atomic E-state index is 4.49. The maximum atomic E-state index is 4.49. The molecule has 26 heavy (non-hydrogen) atoms. The quantitative estimate of drug-likeness (QED) is 0.423. The topological polar surface area (TPSA) is 30.9 Å². The van der Waals surface area contributed by atoms with Crippen molar-refractivity contribution in [2.75, 3.05) is 39.1 Å². The highest BCUT2D eigenvalue weighted by molar-refractivity contribution is 14.0. The number of hydrogen-bond acceptors (Lipinski definition) is 2. The molecule has 3 rings (SSSR count). The van der Waals surface area contributed by atoms with Crippen LogP contribution in [0.25, 0.3) is 0 Å². The molecule has 5 heteroatoms. The molecule has 1 fully saturated rings. The first-order valence-corrected chi connectivity index (χ1v) is 8.94. The molecule has 2 aromatic carbocycles. The minimum Gasteiger partial charge on any atom is -0.378 e. The minimum atomic E-state index is 0. The number of guanidine groups is 1. The summed E-state index contributed by atoms with van der Waals surface area (Å²) < 4.78 is 0. The molecular weight excluding hydrogens is 435 g/mol. The zero-order chi connectivity index (χ0) is 17.6. The van der Waals surface area contributed by atoms with Gasteiger partial charge in [-0.1, -0.05) is 42.5 Å². The van der Waals surface area contributed by atoms with Gasteiger partial charge in [0.15, 0.2) is 5.96 Å². The van der Waals surface area contributed by atoms with E-state index >= 15 is 0 Å². The molecule has 0 spiro atoms. The fraction of sp³-hybridized carbons (Fsp3) is 0.381. The molecule has 0 bridgehead atoms. The number of nitrogens with zero attached hydrogens (tertiary/aromatic N) is 3. The van der Waals surface area contributed by atoms with Crippen LogP contribution in [0.2, 0.25) is 0 Å². The summed E-state index contributed by atoms with van der Waals surface area (Å²) in [5.41, 5.74) is 3.92. The van der Waals surface area contributed by atoms with Crippen LogP contribution in [0.1, 0.15) is 23.5 Å². The Bertz CT molecular complexity index is 715. The zero-order valence-corrected chi connectivity index (χ0v) is 18.2. The van der Waals surface area contributed by atoms with Crippen LogP contribution < -0.4 is 10.2 Å². The summed E-state index contributed by atoms with van der Waals surface area (Å²) in [5, 5.41) is 3.52. The second-order valence-corrected chi connectivity index (χ2v) is 6.81. The summed E-state index contributed by atoms with van der Waals surface area (Å²) in [5.74, 6) is 1.59. The number of nitrogens with one attached hydrogen (secondary N) is 1. The van der Waals surface area contributed by atoms with Crippen molar-refractivity contribution in [1.29, 1.82) is 0 Å². The summed E-state index contributed by atoms with van der Waals surface area (Å²) in [6.07, 6.45) is 1.18. The SMILES string of the molecule is CN=C(NCc1cccc(N(C)C)c1)N1CCC(c2ccccc2)C1.I. The number of likely N-dealkylation sites (tertiary alicyclic amines) is 1. The van der Waals surface area contributed by atoms with E-state index in [1.54, 1.807) is 0 Å². The highest BCUT2D eigenvalue weighted by Gasteiger charge is 2.25. The van der Waals surface area contributed by atoms with Gasteiger partial charge in [-0.2, -0.15) is 0 Å². The highest BCUT2D eigenvalue weighted by atomic mass is 127. The van der Waals surface area contributed by atoms with E-state index in [4.69, 9.17) is 0 Å². The van der Waals surface area contributed by atoms with Gasteiger partial charge in [-0.25, -0.2) is 0 Å². The fourth-order valence-corrected chi connectivity index (χ4v) is 3.41. The Balaban J connectivity index is 0.00000243. The monoisotopic (exact) mass is 464 g/mol. The lowest BCUT2D eigenvalue weighted by Crippen LogP contribution is -2.39. The van der Waals surface area contributed by atoms with Crippen LogP contribution >= 0.6 is 24.0 Å². The lowest BCUT2D eigenvalue weighted by molar-refractivity contribution is 0.486. The summed E-state index contributed by atoms with van der Waals surface area (Å²) in [6.45, 7) is 2.87. The zero-order valence-electron chi connectivity index (χ0n) is 15.9. The van der Waals surface area contributed by atoms with Crippen molar-refractivity contribution < 1.29 is 0 Å². The predicted octanol–water partition coefficient (Wildman–Crippen LogP) is 3.94. The first-order valence-electron chi connectivity index (χ1n) is 8.94. The van der Waals surface area contributed by atoms with Crippen LogP contribution in [0.4, 0.5) is 5.69 Å². The Hall–Kier alpha value is -1.76. The average molecular weight is 464 g/mol. The second kappa shape index (κ2) is 9.80. The normalized spacial score (nSPS) is 17.0. The number of hydrogen-bond donors (Lipinski definition) is 1. The highest BCUT2D eigenvalue weighted by Crippen LogP contribution is 2.26. The van der Waals surface area contributed by atoms with Gasteiger partial charge in [0.05, 0.1) is 0 Å². The molecule has 4 nitrogen and oxygen atoms in total. The van der Waals surface area contributed by atoms with Crippen LogP contribution in [-0.2, 0) is 6.54 Å². The number of rotatable bonds is 4. The van der Waals surface area contributed by atoms with E-state index in [0.29, 0.717) is 5.92 Å². The molecular formula is C21H29IN4. The van der Waals surface area contributed by atoms with Crippen molar-refractivity contribution in [2.45, 2.75) is 18.9 Å². The molecule has 0 radical (unpaired) electrons. The summed E-state index contributed by atoms with van der Waals surface area (Å²) in [4.78, 5) is 8.99. The van der Waals surface area contributed by atoms with Gasteiger partial charge in [0.25, 0.3) is 0 Å². The third-order valence-electron chi connectivity index (χ3n) is 4.85. The summed E-state index contributed by atoms with van der Waals surface area (Å²) in [7, 11) is 6.01. The van der Waals surface area contributed by atoms with Crippen LogP contribution in [0.15, 0.2) is 59.6 Å². The Morgan fingerprint density at radius 1 is 1.15 bits per heavy atom. The number of halogens is 1. The van der Waals surface area contributed by atoms with Gasteiger partial charge < -0.3 is 15.1 Å². The predicted molar refractivity (Wildman–Crippen MR) is 122 cm³/mol. The van der Waals surface area contributed by atoms with Gasteiger partial charge in [-0.05, 0) is 29.7 Å². The Kier molecular flexibility index (Phi) is 7.75. The van der Waals surface area contributed by atoms with E-state index in [9.17, 15) is 0 Å². The van der Waals surface area contributed by atoms with Crippen molar-refractivity contribution in [2.24, 2.45) is 4.99 Å². The van der Waals surface area contributed by atoms with Gasteiger partial charge in [-0.3, -0.25) is 4.99 Å². The lowest BCUT2D eigenvalue weighted by Gasteiger charge is -2.22. The summed E-state index contributed by atoms with van der Waals surface area (Å²) in [6, 6.07) is 19.4. The van der Waals surface area contributed by atoms with Gasteiger partial charge >= 0.3 is 0 Å². The molecule has 0 saturated carbocycles. The van der Waals surface area contributed by atoms with E-state index in [2.05, 4.69) is 88.8 Å². The molecule has 2 aromatic rings. The fourth-order valence-electron chi connectivity index (χ4n) is 3.41. The first-order chi connectivity index (χ1) is 12.2. The molecule has 140 valence electrons. The second-order valence-electron chi connectivity index (χ2n) is 6.81. The smallest absolute Gasteiger partial charge is 0.193 e. The van der Waals surface area contributed by atoms with E-state index < -0.39 is 0 Å². The summed E-state index contributed by atoms with van der Waals surface area (Å²) >= 11 is 0. The number of anilines is 1. The third kappa shape index (κ3) is 5.13. The first kappa shape index (κ1) is 20.6. The Morgan fingerprint density at radius 2 is 1.92 bits per heavy atom. The molecule has 0 amide bonds. The average Bonchev–Trinajstić information content (AvgIpc) is 3.13. The molecule has 0 aliphatic carbocycles. The minimum absolute atomic E-state index is 0. The van der Waals surface area contributed by atoms with Crippen molar-refractivity contribution in [1.82, 2.24) is 10.2 Å². The van der Waals surface area contributed by atoms with E-state index in [1.807, 2.05) is 7.05 Å². The number of benzene rings is 2. The van der Waals surface area contributed by atoms with Crippen molar-refractivity contribution in [3.05, 3.63) is 65.7 Å². The van der Waals surface area contributed by atoms with E-state index in [-0.39, 0.29) is 24.0 Å². The molecule has 1 unspecified atom stereocenters. The Morgan fingerprint density at radius 3 is 2.62 bits per heavy atom. The van der Waals surface area contributed by atoms with Crippen LogP contribution in [-0.4, -0.2) is 45.1 Å². The van der Waals surface area contributed by atoms with Crippen molar-refractivity contribution >= 4 is 35.6 Å². The molecule has 1 aliphatic rings. The standard InChI is InChI=1S/C21H28N4.HI/c1-22-21(23-15-17-8-7-11-20(14-17)24(2)3)25-13-12-19(16-25)18-9-5-4-6-10-18;/h4-11,14,19H,12-13,15-16H2,1-3H3,(H,22,23);1H. The molecule has 1 atom stereocenters. The Labute approximate surface area is 174 Å². The molecule has 1 saturated heterocycles.